The van der Waals surface area contributed by atoms with Gasteiger partial charge in [-0.3, -0.25) is 0 Å². The lowest BCUT2D eigenvalue weighted by Crippen LogP contribution is -2.22. The van der Waals surface area contributed by atoms with E-state index in [1.165, 1.54) is 0 Å². The number of rotatable bonds is 9. The molecular weight excluding hydrogens is 432 g/mol. The van der Waals surface area contributed by atoms with E-state index in [2.05, 4.69) is 10.2 Å². The Balaban J connectivity index is 1.65. The molecule has 1 atom stereocenters. The summed E-state index contributed by atoms with van der Waals surface area (Å²) < 4.78 is 28.4. The minimum absolute atomic E-state index is 0.0301. The van der Waals surface area contributed by atoms with Crippen molar-refractivity contribution in [2.45, 2.75) is 43.3 Å². The number of benzene rings is 3. The summed E-state index contributed by atoms with van der Waals surface area (Å²) in [5.41, 5.74) is 10.5. The van der Waals surface area contributed by atoms with E-state index < -0.39 is 15.9 Å². The third-order valence-corrected chi connectivity index (χ3v) is 7.17. The zero-order valence-electron chi connectivity index (χ0n) is 18.6. The highest BCUT2D eigenvalue weighted by molar-refractivity contribution is 7.90. The van der Waals surface area contributed by atoms with Crippen LogP contribution in [0.2, 0.25) is 0 Å². The van der Waals surface area contributed by atoms with Crippen LogP contribution >= 0.6 is 0 Å². The van der Waals surface area contributed by atoms with Gasteiger partial charge in [-0.15, -0.1) is 10.2 Å². The Bertz CT molecular complexity index is 1290. The van der Waals surface area contributed by atoms with Crippen LogP contribution in [-0.4, -0.2) is 23.2 Å². The molecule has 2 N–H and O–H groups in total. The van der Waals surface area contributed by atoms with Gasteiger partial charge in [0.05, 0.1) is 11.8 Å². The molecule has 0 bridgehead atoms. The Hall–Kier alpha value is -3.29. The largest absolute Gasteiger partial charge is 0.321 e. The quantitative estimate of drug-likeness (QED) is 0.407. The lowest BCUT2D eigenvalue weighted by atomic mass is 10.1. The number of aromatic nitrogens is 3. The van der Waals surface area contributed by atoms with E-state index in [1.54, 1.807) is 4.57 Å². The molecule has 0 amide bonds. The maximum atomic E-state index is 13.3. The average molecular weight is 461 g/mol. The number of sulfone groups is 1. The summed E-state index contributed by atoms with van der Waals surface area (Å²) in [6.07, 6.45) is 1.19. The van der Waals surface area contributed by atoms with Crippen molar-refractivity contribution in [2.75, 3.05) is 0 Å². The van der Waals surface area contributed by atoms with Crippen molar-refractivity contribution < 1.29 is 8.42 Å². The Labute approximate surface area is 195 Å². The fraction of sp³-hybridized carbons (Fsp3) is 0.231. The van der Waals surface area contributed by atoms with Gasteiger partial charge in [0.1, 0.15) is 0 Å². The van der Waals surface area contributed by atoms with Crippen LogP contribution in [0, 0.1) is 6.92 Å². The summed E-state index contributed by atoms with van der Waals surface area (Å²) in [5.74, 6) is 0.349. The van der Waals surface area contributed by atoms with Crippen LogP contribution in [-0.2, 0) is 35.0 Å². The molecule has 0 unspecified atom stereocenters. The van der Waals surface area contributed by atoms with Crippen LogP contribution in [0.25, 0.3) is 0 Å². The topological polar surface area (TPSA) is 90.9 Å². The molecule has 0 aliphatic heterocycles. The maximum absolute atomic E-state index is 13.3. The van der Waals surface area contributed by atoms with Crippen molar-refractivity contribution in [1.29, 1.82) is 0 Å². The summed E-state index contributed by atoms with van der Waals surface area (Å²) in [7, 11) is -3.71. The molecule has 1 heterocycles. The minimum atomic E-state index is -3.71. The molecule has 4 aromatic rings. The van der Waals surface area contributed by atoms with E-state index in [-0.39, 0.29) is 10.9 Å². The fourth-order valence-corrected chi connectivity index (χ4v) is 5.27. The molecule has 0 fully saturated rings. The Morgan fingerprint density at radius 3 is 2.06 bits per heavy atom. The molecule has 0 saturated heterocycles. The van der Waals surface area contributed by atoms with Gasteiger partial charge in [-0.05, 0) is 36.5 Å². The van der Waals surface area contributed by atoms with E-state index in [1.807, 2.05) is 91.9 Å². The first-order chi connectivity index (χ1) is 15.9. The highest BCUT2D eigenvalue weighted by Gasteiger charge is 2.27. The molecule has 0 saturated carbocycles. The van der Waals surface area contributed by atoms with Gasteiger partial charge in [0.15, 0.2) is 5.82 Å². The molecular formula is C26H28N4O2S. The number of nitrogens with two attached hydrogens (primary N) is 1. The summed E-state index contributed by atoms with van der Waals surface area (Å²) in [4.78, 5) is 0. The molecule has 3 aromatic carbocycles. The number of hydrogen-bond donors (Lipinski definition) is 1. The van der Waals surface area contributed by atoms with Gasteiger partial charge in [0.25, 0.3) is 0 Å². The first-order valence-corrected chi connectivity index (χ1v) is 12.6. The van der Waals surface area contributed by atoms with Crippen molar-refractivity contribution in [3.63, 3.8) is 0 Å². The predicted molar refractivity (Wildman–Crippen MR) is 129 cm³/mol. The van der Waals surface area contributed by atoms with Gasteiger partial charge in [-0.1, -0.05) is 90.5 Å². The van der Waals surface area contributed by atoms with Crippen molar-refractivity contribution in [3.8, 4) is 0 Å². The van der Waals surface area contributed by atoms with E-state index in [4.69, 9.17) is 5.73 Å². The lowest BCUT2D eigenvalue weighted by molar-refractivity contribution is 0.530. The summed E-state index contributed by atoms with van der Waals surface area (Å²) in [5, 5.41) is 8.35. The van der Waals surface area contributed by atoms with Crippen molar-refractivity contribution in [3.05, 3.63) is 113 Å². The molecule has 1 aromatic heterocycles. The zero-order valence-corrected chi connectivity index (χ0v) is 19.4. The number of aryl methyl sites for hydroxylation is 2. The van der Waals surface area contributed by atoms with Crippen LogP contribution in [0.1, 0.15) is 34.1 Å². The summed E-state index contributed by atoms with van der Waals surface area (Å²) >= 11 is 0. The van der Waals surface area contributed by atoms with E-state index in [0.717, 1.165) is 16.7 Å². The normalized spacial score (nSPS) is 12.5. The van der Waals surface area contributed by atoms with Crippen LogP contribution < -0.4 is 5.73 Å². The van der Waals surface area contributed by atoms with Gasteiger partial charge in [-0.2, -0.15) is 0 Å². The summed E-state index contributed by atoms with van der Waals surface area (Å²) in [6, 6.07) is 26.8. The van der Waals surface area contributed by atoms with Gasteiger partial charge in [-0.25, -0.2) is 8.42 Å². The minimum Gasteiger partial charge on any atom is -0.321 e. The second-order valence-corrected chi connectivity index (χ2v) is 10.2. The van der Waals surface area contributed by atoms with Crippen molar-refractivity contribution in [1.82, 2.24) is 14.8 Å². The Morgan fingerprint density at radius 1 is 0.818 bits per heavy atom. The van der Waals surface area contributed by atoms with Crippen molar-refractivity contribution >= 4 is 9.84 Å². The van der Waals surface area contributed by atoms with Crippen LogP contribution in [0.4, 0.5) is 0 Å². The summed E-state index contributed by atoms with van der Waals surface area (Å²) in [6.45, 7) is 2.40. The average Bonchev–Trinajstić information content (AvgIpc) is 3.26. The van der Waals surface area contributed by atoms with E-state index in [0.29, 0.717) is 30.8 Å². The Morgan fingerprint density at radius 2 is 1.42 bits per heavy atom. The van der Waals surface area contributed by atoms with E-state index in [9.17, 15) is 8.42 Å². The van der Waals surface area contributed by atoms with Crippen LogP contribution in [0.5, 0.6) is 0 Å². The fourth-order valence-electron chi connectivity index (χ4n) is 3.83. The highest BCUT2D eigenvalue weighted by Crippen LogP contribution is 2.22. The maximum Gasteiger partial charge on any atom is 0.250 e. The molecule has 33 heavy (non-hydrogen) atoms. The zero-order chi connectivity index (χ0) is 23.3. The third kappa shape index (κ3) is 5.74. The van der Waals surface area contributed by atoms with Crippen LogP contribution in [0.15, 0.2) is 90.1 Å². The molecule has 7 heteroatoms. The molecule has 0 radical (unpaired) electrons. The number of nitrogens with zero attached hydrogens (tertiary/aromatic N) is 3. The molecule has 4 rings (SSSR count). The molecule has 0 aliphatic rings. The second kappa shape index (κ2) is 10.1. The van der Waals surface area contributed by atoms with Gasteiger partial charge in [0.2, 0.25) is 15.0 Å². The SMILES string of the molecule is Cc1ccc(CS(=O)(=O)c2nnc([C@@H](N)Cc3ccccc3)n2CCc2ccccc2)cc1. The van der Waals surface area contributed by atoms with Crippen molar-refractivity contribution in [2.24, 2.45) is 5.73 Å². The first kappa shape index (κ1) is 22.9. The van der Waals surface area contributed by atoms with Gasteiger partial charge < -0.3 is 10.3 Å². The highest BCUT2D eigenvalue weighted by atomic mass is 32.2. The smallest absolute Gasteiger partial charge is 0.250 e. The molecule has 0 spiro atoms. The van der Waals surface area contributed by atoms with Gasteiger partial charge >= 0.3 is 0 Å². The lowest BCUT2D eigenvalue weighted by Gasteiger charge is -2.15. The standard InChI is InChI=1S/C26H28N4O2S/c1-20-12-14-23(15-13-20)19-33(31,32)26-29-28-25(24(27)18-22-10-6-3-7-11-22)30(26)17-16-21-8-4-2-5-9-21/h2-15,24H,16-19,27H2,1H3/t24-/m0/s1. The predicted octanol–water partition coefficient (Wildman–Crippen LogP) is 4.05. The Kier molecular flexibility index (Phi) is 7.01. The molecule has 6 nitrogen and oxygen atoms in total. The monoisotopic (exact) mass is 460 g/mol. The van der Waals surface area contributed by atoms with Gasteiger partial charge in [0, 0.05) is 6.54 Å². The first-order valence-electron chi connectivity index (χ1n) is 11.0. The van der Waals surface area contributed by atoms with E-state index >= 15 is 0 Å². The van der Waals surface area contributed by atoms with Crippen LogP contribution in [0.3, 0.4) is 0 Å². The molecule has 170 valence electrons. The second-order valence-electron chi connectivity index (χ2n) is 8.27. The third-order valence-electron chi connectivity index (χ3n) is 5.60. The number of hydrogen-bond acceptors (Lipinski definition) is 5. The molecule has 0 aliphatic carbocycles.